The van der Waals surface area contributed by atoms with E-state index in [4.69, 9.17) is 0 Å². The third-order valence-electron chi connectivity index (χ3n) is 4.09. The quantitative estimate of drug-likeness (QED) is 0.574. The van der Waals surface area contributed by atoms with Gasteiger partial charge in [-0.3, -0.25) is 14.4 Å². The predicted octanol–water partition coefficient (Wildman–Crippen LogP) is 3.51. The molecule has 0 saturated heterocycles. The van der Waals surface area contributed by atoms with E-state index in [0.29, 0.717) is 5.56 Å². The molecule has 0 radical (unpaired) electrons. The smallest absolute Gasteiger partial charge is 0.230 e. The molecule has 0 aliphatic rings. The van der Waals surface area contributed by atoms with Crippen LogP contribution in [0.5, 0.6) is 0 Å². The molecular weight excluding hydrogens is 372 g/mol. The van der Waals surface area contributed by atoms with Gasteiger partial charge in [0.25, 0.3) is 0 Å². The van der Waals surface area contributed by atoms with Crippen molar-refractivity contribution in [1.82, 2.24) is 5.32 Å². The van der Waals surface area contributed by atoms with Crippen LogP contribution in [0.25, 0.3) is 10.8 Å². The van der Waals surface area contributed by atoms with Gasteiger partial charge >= 0.3 is 0 Å². The maximum atomic E-state index is 12.0. The third-order valence-corrected chi connectivity index (χ3v) is 4.97. The Morgan fingerprint density at radius 3 is 2.29 bits per heavy atom. The van der Waals surface area contributed by atoms with Crippen LogP contribution < -0.4 is 10.6 Å². The molecule has 1 amide bonds. The summed E-state index contributed by atoms with van der Waals surface area (Å²) in [5, 5.41) is 7.71. The normalized spacial score (nSPS) is 10.4. The van der Waals surface area contributed by atoms with Gasteiger partial charge < -0.3 is 10.6 Å². The van der Waals surface area contributed by atoms with Crippen molar-refractivity contribution in [2.45, 2.75) is 0 Å². The van der Waals surface area contributed by atoms with E-state index in [0.717, 1.165) is 28.2 Å². The number of fused-ring (bicyclic) bond motifs is 1. The molecule has 6 heteroatoms. The number of rotatable bonds is 8. The molecule has 0 unspecified atom stereocenters. The maximum absolute atomic E-state index is 12.0. The molecule has 0 spiro atoms. The van der Waals surface area contributed by atoms with Gasteiger partial charge in [0.05, 0.1) is 18.8 Å². The zero-order chi connectivity index (χ0) is 19.8. The largest absolute Gasteiger partial charge is 0.377 e. The highest BCUT2D eigenvalue weighted by atomic mass is 32.2. The number of carbonyl (C=O) groups is 3. The van der Waals surface area contributed by atoms with E-state index in [9.17, 15) is 14.4 Å². The molecule has 5 nitrogen and oxygen atoms in total. The molecular formula is C22H20N2O3S. The molecule has 3 aromatic rings. The van der Waals surface area contributed by atoms with Gasteiger partial charge in [-0.2, -0.15) is 0 Å². The Bertz CT molecular complexity index is 989. The molecule has 2 N–H and O–H groups in total. The van der Waals surface area contributed by atoms with Crippen LogP contribution in [-0.4, -0.2) is 35.6 Å². The van der Waals surface area contributed by atoms with Gasteiger partial charge in [-0.1, -0.05) is 72.4 Å². The van der Waals surface area contributed by atoms with Crippen LogP contribution in [0.3, 0.4) is 0 Å². The van der Waals surface area contributed by atoms with Crippen LogP contribution in [0.1, 0.15) is 10.4 Å². The van der Waals surface area contributed by atoms with Crippen molar-refractivity contribution in [3.05, 3.63) is 78.4 Å². The minimum Gasteiger partial charge on any atom is -0.377 e. The van der Waals surface area contributed by atoms with E-state index in [1.165, 1.54) is 0 Å². The van der Waals surface area contributed by atoms with Gasteiger partial charge in [-0.25, -0.2) is 0 Å². The molecule has 0 aliphatic heterocycles. The van der Waals surface area contributed by atoms with E-state index in [1.54, 1.807) is 24.3 Å². The van der Waals surface area contributed by atoms with Crippen molar-refractivity contribution in [3.63, 3.8) is 0 Å². The number of nitrogens with one attached hydrogen (secondary N) is 2. The molecule has 0 heterocycles. The minimum absolute atomic E-state index is 0.0136. The number of benzene rings is 3. The summed E-state index contributed by atoms with van der Waals surface area (Å²) < 4.78 is 0. The Hall–Kier alpha value is -3.12. The average Bonchev–Trinajstić information content (AvgIpc) is 2.75. The summed E-state index contributed by atoms with van der Waals surface area (Å²) in [5.41, 5.74) is 1.40. The highest BCUT2D eigenvalue weighted by molar-refractivity contribution is 8.14. The summed E-state index contributed by atoms with van der Waals surface area (Å²) in [7, 11) is 0. The van der Waals surface area contributed by atoms with Crippen LogP contribution in [-0.2, 0) is 9.59 Å². The lowest BCUT2D eigenvalue weighted by atomic mass is 10.1. The van der Waals surface area contributed by atoms with Crippen LogP contribution >= 0.6 is 11.8 Å². The van der Waals surface area contributed by atoms with Crippen molar-refractivity contribution in [2.24, 2.45) is 0 Å². The van der Waals surface area contributed by atoms with Gasteiger partial charge in [0.15, 0.2) is 5.78 Å². The number of thioether (sulfide) groups is 1. The highest BCUT2D eigenvalue weighted by Gasteiger charge is 2.10. The number of carbonyl (C=O) groups excluding carboxylic acids is 3. The van der Waals surface area contributed by atoms with Crippen LogP contribution in [0.4, 0.5) is 5.69 Å². The summed E-state index contributed by atoms with van der Waals surface area (Å²) in [6.45, 7) is 0.0478. The SMILES string of the molecule is O=C(CSC(=O)CNc1ccc2ccccc2c1)NCC(=O)c1ccccc1. The summed E-state index contributed by atoms with van der Waals surface area (Å²) in [5.74, 6) is -0.517. The van der Waals surface area contributed by atoms with Crippen molar-refractivity contribution in [2.75, 3.05) is 24.2 Å². The number of hydrogen-bond donors (Lipinski definition) is 2. The van der Waals surface area contributed by atoms with Gasteiger partial charge in [0.1, 0.15) is 0 Å². The zero-order valence-electron chi connectivity index (χ0n) is 15.2. The third kappa shape index (κ3) is 5.69. The molecule has 3 aromatic carbocycles. The number of hydrogen-bond acceptors (Lipinski definition) is 5. The van der Waals surface area contributed by atoms with Crippen molar-refractivity contribution in [3.8, 4) is 0 Å². The van der Waals surface area contributed by atoms with Crippen molar-refractivity contribution < 1.29 is 14.4 Å². The Labute approximate surface area is 167 Å². The van der Waals surface area contributed by atoms with Gasteiger partial charge in [0, 0.05) is 11.3 Å². The fraction of sp³-hybridized carbons (Fsp3) is 0.136. The molecule has 0 atom stereocenters. The molecule has 0 saturated carbocycles. The van der Waals surface area contributed by atoms with E-state index in [2.05, 4.69) is 10.6 Å². The molecule has 3 rings (SSSR count). The summed E-state index contributed by atoms with van der Waals surface area (Å²) in [6.07, 6.45) is 0. The summed E-state index contributed by atoms with van der Waals surface area (Å²) in [4.78, 5) is 35.8. The zero-order valence-corrected chi connectivity index (χ0v) is 16.0. The molecule has 0 bridgehead atoms. The molecule has 28 heavy (non-hydrogen) atoms. The van der Waals surface area contributed by atoms with E-state index in [1.807, 2.05) is 48.5 Å². The lowest BCUT2D eigenvalue weighted by Crippen LogP contribution is -2.31. The lowest BCUT2D eigenvalue weighted by Gasteiger charge is -2.07. The second-order valence-corrected chi connectivity index (χ2v) is 7.17. The first-order valence-corrected chi connectivity index (χ1v) is 9.83. The second kappa shape index (κ2) is 9.71. The fourth-order valence-corrected chi connectivity index (χ4v) is 3.19. The number of ketones is 1. The van der Waals surface area contributed by atoms with Gasteiger partial charge in [0.2, 0.25) is 11.0 Å². The van der Waals surface area contributed by atoms with E-state index in [-0.39, 0.29) is 35.6 Å². The summed E-state index contributed by atoms with van der Waals surface area (Å²) in [6, 6.07) is 22.6. The lowest BCUT2D eigenvalue weighted by molar-refractivity contribution is -0.118. The topological polar surface area (TPSA) is 75.3 Å². The summed E-state index contributed by atoms with van der Waals surface area (Å²) >= 11 is 0.930. The second-order valence-electron chi connectivity index (χ2n) is 6.14. The number of anilines is 1. The Kier molecular flexibility index (Phi) is 6.81. The first-order valence-electron chi connectivity index (χ1n) is 8.85. The Morgan fingerprint density at radius 1 is 0.786 bits per heavy atom. The van der Waals surface area contributed by atoms with Gasteiger partial charge in [-0.05, 0) is 22.9 Å². The first kappa shape index (κ1) is 19.6. The molecule has 0 aromatic heterocycles. The van der Waals surface area contributed by atoms with Crippen LogP contribution in [0.2, 0.25) is 0 Å². The van der Waals surface area contributed by atoms with Crippen molar-refractivity contribution in [1.29, 1.82) is 0 Å². The Balaban J connectivity index is 1.38. The van der Waals surface area contributed by atoms with Gasteiger partial charge in [-0.15, -0.1) is 0 Å². The monoisotopic (exact) mass is 392 g/mol. The maximum Gasteiger partial charge on any atom is 0.230 e. The van der Waals surface area contributed by atoms with E-state index >= 15 is 0 Å². The van der Waals surface area contributed by atoms with Crippen LogP contribution in [0, 0.1) is 0 Å². The first-order chi connectivity index (χ1) is 13.6. The van der Waals surface area contributed by atoms with Crippen molar-refractivity contribution >= 4 is 45.0 Å². The molecule has 0 fully saturated rings. The fourth-order valence-electron chi connectivity index (χ4n) is 2.63. The van der Waals surface area contributed by atoms with E-state index < -0.39 is 0 Å². The minimum atomic E-state index is -0.340. The molecule has 142 valence electrons. The number of Topliss-reactive ketones (excluding diaryl/α,β-unsaturated/α-hetero) is 1. The predicted molar refractivity (Wildman–Crippen MR) is 114 cm³/mol. The highest BCUT2D eigenvalue weighted by Crippen LogP contribution is 2.18. The Morgan fingerprint density at radius 2 is 1.50 bits per heavy atom. The standard InChI is InChI=1S/C22H20N2O3S/c25-20(17-7-2-1-3-8-17)13-24-21(26)15-28-22(27)14-23-19-11-10-16-6-4-5-9-18(16)12-19/h1-12,23H,13-15H2,(H,24,26). The van der Waals surface area contributed by atoms with Crippen LogP contribution in [0.15, 0.2) is 72.8 Å². The number of amides is 1. The molecule has 0 aliphatic carbocycles. The average molecular weight is 392 g/mol.